The van der Waals surface area contributed by atoms with Crippen LogP contribution in [0.2, 0.25) is 0 Å². The van der Waals surface area contributed by atoms with Crippen LogP contribution in [-0.4, -0.2) is 4.98 Å². The Morgan fingerprint density at radius 1 is 1.40 bits per heavy atom. The first-order valence-corrected chi connectivity index (χ1v) is 4.80. The Morgan fingerprint density at radius 2 is 2.20 bits per heavy atom. The van der Waals surface area contributed by atoms with Crippen LogP contribution >= 0.6 is 0 Å². The molecule has 0 aliphatic carbocycles. The monoisotopic (exact) mass is 205 g/mol. The topological polar surface area (TPSA) is 50.9 Å². The molecular weight excluding hydrogens is 193 g/mol. The van der Waals surface area contributed by atoms with Crippen molar-refractivity contribution in [2.75, 3.05) is 5.43 Å². The van der Waals surface area contributed by atoms with Crippen molar-refractivity contribution < 1.29 is 4.39 Å². The summed E-state index contributed by atoms with van der Waals surface area (Å²) in [7, 11) is 0. The highest BCUT2D eigenvalue weighted by atomic mass is 19.1. The number of nitrogen functional groups attached to an aromatic ring is 1. The van der Waals surface area contributed by atoms with Gasteiger partial charge in [-0.05, 0) is 36.2 Å². The number of fused-ring (bicyclic) bond motifs is 1. The van der Waals surface area contributed by atoms with Crippen LogP contribution < -0.4 is 11.3 Å². The van der Waals surface area contributed by atoms with Crippen molar-refractivity contribution in [3.63, 3.8) is 0 Å². The molecule has 0 fully saturated rings. The summed E-state index contributed by atoms with van der Waals surface area (Å²) in [4.78, 5) is 4.30. The number of pyridine rings is 1. The first-order valence-electron chi connectivity index (χ1n) is 4.80. The molecule has 0 aliphatic rings. The maximum Gasteiger partial charge on any atom is 0.143 e. The molecule has 78 valence electrons. The molecule has 2 aromatic rings. The van der Waals surface area contributed by atoms with Gasteiger partial charge in [0.15, 0.2) is 0 Å². The van der Waals surface area contributed by atoms with E-state index in [2.05, 4.69) is 10.4 Å². The van der Waals surface area contributed by atoms with E-state index >= 15 is 0 Å². The Balaban J connectivity index is 2.69. The number of rotatable bonds is 2. The first-order chi connectivity index (χ1) is 7.24. The molecule has 15 heavy (non-hydrogen) atoms. The van der Waals surface area contributed by atoms with Gasteiger partial charge in [-0.2, -0.15) is 0 Å². The highest BCUT2D eigenvalue weighted by Gasteiger charge is 2.04. The lowest BCUT2D eigenvalue weighted by Gasteiger charge is -2.07. The predicted molar refractivity (Wildman–Crippen MR) is 58.9 cm³/mol. The normalized spacial score (nSPS) is 10.6. The zero-order valence-electron chi connectivity index (χ0n) is 8.42. The third-order valence-electron chi connectivity index (χ3n) is 2.37. The number of nitrogens with one attached hydrogen (secondary N) is 1. The Labute approximate surface area is 87.1 Å². The Hall–Kier alpha value is -1.68. The molecule has 3 N–H and O–H groups in total. The summed E-state index contributed by atoms with van der Waals surface area (Å²) >= 11 is 0. The van der Waals surface area contributed by atoms with Gasteiger partial charge in [-0.15, -0.1) is 0 Å². The van der Waals surface area contributed by atoms with E-state index in [0.717, 1.165) is 22.9 Å². The van der Waals surface area contributed by atoms with Gasteiger partial charge in [0.1, 0.15) is 11.6 Å². The van der Waals surface area contributed by atoms with Crippen LogP contribution in [0.3, 0.4) is 0 Å². The van der Waals surface area contributed by atoms with Gasteiger partial charge in [0.05, 0.1) is 5.52 Å². The van der Waals surface area contributed by atoms with E-state index in [9.17, 15) is 4.39 Å². The van der Waals surface area contributed by atoms with Gasteiger partial charge in [-0.25, -0.2) is 15.2 Å². The molecule has 3 nitrogen and oxygen atoms in total. The highest BCUT2D eigenvalue weighted by Crippen LogP contribution is 2.21. The Morgan fingerprint density at radius 3 is 2.87 bits per heavy atom. The molecule has 0 atom stereocenters. The summed E-state index contributed by atoms with van der Waals surface area (Å²) < 4.78 is 13.0. The molecule has 0 radical (unpaired) electrons. The number of aromatic nitrogens is 1. The lowest BCUT2D eigenvalue weighted by Crippen LogP contribution is -2.11. The summed E-state index contributed by atoms with van der Waals surface area (Å²) in [5.74, 6) is 5.76. The average molecular weight is 205 g/mol. The van der Waals surface area contributed by atoms with Crippen LogP contribution in [0.4, 0.5) is 10.2 Å². The van der Waals surface area contributed by atoms with Crippen LogP contribution in [-0.2, 0) is 6.42 Å². The minimum absolute atomic E-state index is 0.250. The molecule has 1 aromatic heterocycles. The number of hydrogen-bond acceptors (Lipinski definition) is 3. The number of nitrogens with zero attached hydrogens (tertiary/aromatic N) is 1. The second-order valence-electron chi connectivity index (χ2n) is 3.33. The number of benzene rings is 1. The van der Waals surface area contributed by atoms with Crippen molar-refractivity contribution in [1.29, 1.82) is 0 Å². The summed E-state index contributed by atoms with van der Waals surface area (Å²) in [5, 5.41) is 0.797. The fourth-order valence-electron chi connectivity index (χ4n) is 1.59. The van der Waals surface area contributed by atoms with Crippen LogP contribution in [0.1, 0.15) is 12.5 Å². The second-order valence-corrected chi connectivity index (χ2v) is 3.33. The standard InChI is InChI=1S/C11H12FN3/c1-2-7-5-8-6-9(12)3-4-10(8)14-11(7)15-13/h3-6H,2,13H2,1H3,(H,14,15). The number of nitrogens with two attached hydrogens (primary N) is 1. The fraction of sp³-hybridized carbons (Fsp3) is 0.182. The van der Waals surface area contributed by atoms with Gasteiger partial charge in [-0.3, -0.25) is 0 Å². The minimum atomic E-state index is -0.250. The number of aryl methyl sites for hydroxylation is 1. The lowest BCUT2D eigenvalue weighted by atomic mass is 10.1. The molecule has 0 spiro atoms. The molecule has 2 rings (SSSR count). The van der Waals surface area contributed by atoms with Gasteiger partial charge >= 0.3 is 0 Å². The molecule has 0 bridgehead atoms. The Kier molecular flexibility index (Phi) is 2.51. The van der Waals surface area contributed by atoms with E-state index in [0.29, 0.717) is 5.82 Å². The Bertz CT molecular complexity index is 496. The molecule has 0 aliphatic heterocycles. The second kappa shape index (κ2) is 3.82. The van der Waals surface area contributed by atoms with Crippen molar-refractivity contribution in [1.82, 2.24) is 4.98 Å². The summed E-state index contributed by atoms with van der Waals surface area (Å²) in [6, 6.07) is 6.41. The van der Waals surface area contributed by atoms with Crippen LogP contribution in [0.25, 0.3) is 10.9 Å². The van der Waals surface area contributed by atoms with Gasteiger partial charge < -0.3 is 5.43 Å². The van der Waals surface area contributed by atoms with E-state index in [1.165, 1.54) is 12.1 Å². The molecule has 0 amide bonds. The summed E-state index contributed by atoms with van der Waals surface area (Å²) in [5.41, 5.74) is 4.27. The van der Waals surface area contributed by atoms with Crippen molar-refractivity contribution in [2.45, 2.75) is 13.3 Å². The minimum Gasteiger partial charge on any atom is -0.308 e. The molecule has 4 heteroatoms. The molecule has 0 saturated heterocycles. The van der Waals surface area contributed by atoms with Gasteiger partial charge in [0, 0.05) is 5.39 Å². The van der Waals surface area contributed by atoms with Gasteiger partial charge in [-0.1, -0.05) is 6.92 Å². The van der Waals surface area contributed by atoms with Crippen LogP contribution in [0, 0.1) is 5.82 Å². The molecule has 0 unspecified atom stereocenters. The third-order valence-corrected chi connectivity index (χ3v) is 2.37. The smallest absolute Gasteiger partial charge is 0.143 e. The number of halogens is 1. The van der Waals surface area contributed by atoms with Crippen molar-refractivity contribution in [2.24, 2.45) is 5.84 Å². The third kappa shape index (κ3) is 1.76. The van der Waals surface area contributed by atoms with Crippen molar-refractivity contribution in [3.8, 4) is 0 Å². The van der Waals surface area contributed by atoms with Gasteiger partial charge in [0.2, 0.25) is 0 Å². The number of hydrazine groups is 1. The van der Waals surface area contributed by atoms with E-state index in [4.69, 9.17) is 5.84 Å². The molecule has 0 saturated carbocycles. The number of anilines is 1. The van der Waals surface area contributed by atoms with E-state index in [1.807, 2.05) is 13.0 Å². The predicted octanol–water partition coefficient (Wildman–Crippen LogP) is 2.22. The van der Waals surface area contributed by atoms with Gasteiger partial charge in [0.25, 0.3) is 0 Å². The maximum absolute atomic E-state index is 13.0. The van der Waals surface area contributed by atoms with Crippen LogP contribution in [0.5, 0.6) is 0 Å². The zero-order valence-corrected chi connectivity index (χ0v) is 8.42. The molecule has 1 heterocycles. The molecular formula is C11H12FN3. The zero-order chi connectivity index (χ0) is 10.8. The SMILES string of the molecule is CCc1cc2cc(F)ccc2nc1NN. The quantitative estimate of drug-likeness (QED) is 0.584. The fourth-order valence-corrected chi connectivity index (χ4v) is 1.59. The summed E-state index contributed by atoms with van der Waals surface area (Å²) in [6.07, 6.45) is 0.805. The van der Waals surface area contributed by atoms with E-state index in [1.54, 1.807) is 6.07 Å². The largest absolute Gasteiger partial charge is 0.308 e. The van der Waals surface area contributed by atoms with Crippen molar-refractivity contribution in [3.05, 3.63) is 35.6 Å². The summed E-state index contributed by atoms with van der Waals surface area (Å²) in [6.45, 7) is 2.00. The lowest BCUT2D eigenvalue weighted by molar-refractivity contribution is 0.629. The first kappa shape index (κ1) is 9.86. The van der Waals surface area contributed by atoms with Crippen molar-refractivity contribution >= 4 is 16.7 Å². The average Bonchev–Trinajstić information content (AvgIpc) is 2.27. The van der Waals surface area contributed by atoms with Crippen LogP contribution in [0.15, 0.2) is 24.3 Å². The molecule has 1 aromatic carbocycles. The maximum atomic E-state index is 13.0. The highest BCUT2D eigenvalue weighted by molar-refractivity contribution is 5.81. The number of hydrogen-bond donors (Lipinski definition) is 2. The van der Waals surface area contributed by atoms with E-state index in [-0.39, 0.29) is 5.82 Å². The van der Waals surface area contributed by atoms with E-state index < -0.39 is 0 Å².